The molecule has 0 heterocycles. The van der Waals surface area contributed by atoms with Gasteiger partial charge in [0.25, 0.3) is 0 Å². The number of halogens is 4. The van der Waals surface area contributed by atoms with Crippen molar-refractivity contribution in [2.75, 3.05) is 7.11 Å². The average molecular weight is 264 g/mol. The molecule has 1 rings (SSSR count). The Hall–Kier alpha value is -0.490. The van der Waals surface area contributed by atoms with Gasteiger partial charge < -0.3 is 10.9 Å². The molecule has 0 saturated heterocycles. The monoisotopic (exact) mass is 263 g/mol. The van der Waals surface area contributed by atoms with E-state index in [1.54, 1.807) is 0 Å². The van der Waals surface area contributed by atoms with Crippen molar-refractivity contribution < 1.29 is 22.7 Å². The molecule has 0 atom stereocenters. The van der Waals surface area contributed by atoms with Crippen molar-refractivity contribution in [1.29, 1.82) is 0 Å². The van der Waals surface area contributed by atoms with Gasteiger partial charge in [-0.1, -0.05) is 0 Å². The predicted octanol–water partition coefficient (Wildman–Crippen LogP) is 3.11. The molecule has 0 bridgehead atoms. The summed E-state index contributed by atoms with van der Waals surface area (Å²) in [6, 6.07) is 0. The van der Waals surface area contributed by atoms with Crippen LogP contribution in [0.25, 0.3) is 0 Å². The van der Waals surface area contributed by atoms with Crippen LogP contribution in [0.4, 0.5) is 13.2 Å². The SMILES string of the molecule is COC(=O)C1CCC(C(F)(F)F)CC1.Cl.N. The van der Waals surface area contributed by atoms with Crippen LogP contribution in [0.15, 0.2) is 0 Å². The number of rotatable bonds is 1. The molecule has 0 aromatic heterocycles. The van der Waals surface area contributed by atoms with Crippen LogP contribution in [0.3, 0.4) is 0 Å². The Kier molecular flexibility index (Phi) is 7.78. The number of esters is 1. The van der Waals surface area contributed by atoms with Crippen LogP contribution in [-0.4, -0.2) is 19.3 Å². The van der Waals surface area contributed by atoms with E-state index in [0.29, 0.717) is 0 Å². The smallest absolute Gasteiger partial charge is 0.391 e. The first-order valence-electron chi connectivity index (χ1n) is 4.59. The molecule has 0 amide bonds. The van der Waals surface area contributed by atoms with Gasteiger partial charge in [-0.05, 0) is 25.7 Å². The highest BCUT2D eigenvalue weighted by Crippen LogP contribution is 2.39. The molecule has 7 heteroatoms. The van der Waals surface area contributed by atoms with E-state index in [9.17, 15) is 18.0 Å². The van der Waals surface area contributed by atoms with Gasteiger partial charge in [0.1, 0.15) is 0 Å². The molecule has 0 aromatic rings. The van der Waals surface area contributed by atoms with Crippen LogP contribution < -0.4 is 6.15 Å². The van der Waals surface area contributed by atoms with E-state index in [1.807, 2.05) is 0 Å². The highest BCUT2D eigenvalue weighted by molar-refractivity contribution is 5.85. The summed E-state index contributed by atoms with van der Waals surface area (Å²) in [5, 5.41) is 0. The molecule has 16 heavy (non-hydrogen) atoms. The molecule has 1 aliphatic carbocycles. The van der Waals surface area contributed by atoms with Crippen LogP contribution in [0.2, 0.25) is 0 Å². The second-order valence-electron chi connectivity index (χ2n) is 3.61. The van der Waals surface area contributed by atoms with Crippen LogP contribution in [0.5, 0.6) is 0 Å². The first-order valence-corrected chi connectivity index (χ1v) is 4.59. The fourth-order valence-corrected chi connectivity index (χ4v) is 1.82. The number of carbonyl (C=O) groups excluding carboxylic acids is 1. The zero-order valence-electron chi connectivity index (χ0n) is 9.05. The minimum Gasteiger partial charge on any atom is -0.469 e. The van der Waals surface area contributed by atoms with Crippen molar-refractivity contribution in [2.45, 2.75) is 31.9 Å². The lowest BCUT2D eigenvalue weighted by Crippen LogP contribution is -2.30. The molecule has 0 unspecified atom stereocenters. The van der Waals surface area contributed by atoms with Crippen LogP contribution in [0.1, 0.15) is 25.7 Å². The number of ether oxygens (including phenoxy) is 1. The molecule has 0 aliphatic heterocycles. The molecule has 0 radical (unpaired) electrons. The topological polar surface area (TPSA) is 61.3 Å². The van der Waals surface area contributed by atoms with Crippen LogP contribution >= 0.6 is 12.4 Å². The zero-order chi connectivity index (χ0) is 10.8. The van der Waals surface area contributed by atoms with Crippen molar-refractivity contribution in [3.05, 3.63) is 0 Å². The second-order valence-corrected chi connectivity index (χ2v) is 3.61. The minimum absolute atomic E-state index is 0. The number of carbonyl (C=O) groups is 1. The summed E-state index contributed by atoms with van der Waals surface area (Å²) < 4.78 is 41.2. The molecule has 3 N–H and O–H groups in total. The maximum Gasteiger partial charge on any atom is 0.391 e. The van der Waals surface area contributed by atoms with Gasteiger partial charge in [0.15, 0.2) is 0 Å². The summed E-state index contributed by atoms with van der Waals surface area (Å²) in [6.07, 6.45) is -3.44. The third-order valence-corrected chi connectivity index (χ3v) is 2.72. The number of alkyl halides is 3. The van der Waals surface area contributed by atoms with E-state index in [0.717, 1.165) is 0 Å². The van der Waals surface area contributed by atoms with Crippen LogP contribution in [-0.2, 0) is 9.53 Å². The standard InChI is InChI=1S/C9H13F3O2.ClH.H3N/c1-14-8(13)6-2-4-7(5-3-6)9(10,11)12;;/h6-7H,2-5H2,1H3;1H;1H3. The van der Waals surface area contributed by atoms with Crippen LogP contribution in [0, 0.1) is 11.8 Å². The number of hydrogen-bond acceptors (Lipinski definition) is 3. The summed E-state index contributed by atoms with van der Waals surface area (Å²) in [4.78, 5) is 11.0. The quantitative estimate of drug-likeness (QED) is 0.740. The lowest BCUT2D eigenvalue weighted by molar-refractivity contribution is -0.186. The lowest BCUT2D eigenvalue weighted by Gasteiger charge is -2.28. The Morgan fingerprint density at radius 2 is 1.62 bits per heavy atom. The molecular formula is C9H17ClF3NO2. The third-order valence-electron chi connectivity index (χ3n) is 2.72. The van der Waals surface area contributed by atoms with E-state index in [-0.39, 0.29) is 56.1 Å². The highest BCUT2D eigenvalue weighted by atomic mass is 35.5. The van der Waals surface area contributed by atoms with Gasteiger partial charge in [-0.2, -0.15) is 13.2 Å². The van der Waals surface area contributed by atoms with Crippen molar-refractivity contribution in [2.24, 2.45) is 11.8 Å². The Labute approximate surface area is 98.7 Å². The van der Waals surface area contributed by atoms with Gasteiger partial charge in [-0.3, -0.25) is 4.79 Å². The van der Waals surface area contributed by atoms with Crippen molar-refractivity contribution in [3.8, 4) is 0 Å². The molecule has 1 aliphatic rings. The van der Waals surface area contributed by atoms with Crippen molar-refractivity contribution in [1.82, 2.24) is 6.15 Å². The molecule has 0 spiro atoms. The number of hydrogen-bond donors (Lipinski definition) is 1. The maximum absolute atomic E-state index is 12.2. The zero-order valence-corrected chi connectivity index (χ0v) is 9.87. The number of methoxy groups -OCH3 is 1. The largest absolute Gasteiger partial charge is 0.469 e. The molecule has 0 aromatic carbocycles. The van der Waals surface area contributed by atoms with E-state index in [1.165, 1.54) is 7.11 Å². The van der Waals surface area contributed by atoms with Gasteiger partial charge >= 0.3 is 12.1 Å². The first kappa shape index (κ1) is 17.9. The minimum atomic E-state index is -4.11. The van der Waals surface area contributed by atoms with Gasteiger partial charge in [-0.15, -0.1) is 12.4 Å². The predicted molar refractivity (Wildman–Crippen MR) is 55.8 cm³/mol. The summed E-state index contributed by atoms with van der Waals surface area (Å²) in [7, 11) is 1.26. The van der Waals surface area contributed by atoms with Crippen molar-refractivity contribution >= 4 is 18.4 Å². The first-order chi connectivity index (χ1) is 6.45. The van der Waals surface area contributed by atoms with Gasteiger partial charge in [0.2, 0.25) is 0 Å². The summed E-state index contributed by atoms with van der Waals surface area (Å²) in [6.45, 7) is 0. The third kappa shape index (κ3) is 4.57. The second kappa shape index (κ2) is 6.96. The molecule has 98 valence electrons. The van der Waals surface area contributed by atoms with E-state index < -0.39 is 12.1 Å². The molecule has 1 fully saturated rings. The van der Waals surface area contributed by atoms with E-state index in [2.05, 4.69) is 4.74 Å². The summed E-state index contributed by atoms with van der Waals surface area (Å²) in [5.41, 5.74) is 0. The highest BCUT2D eigenvalue weighted by Gasteiger charge is 2.42. The van der Waals surface area contributed by atoms with E-state index >= 15 is 0 Å². The van der Waals surface area contributed by atoms with Gasteiger partial charge in [0.05, 0.1) is 18.9 Å². The summed E-state index contributed by atoms with van der Waals surface area (Å²) in [5.74, 6) is -1.95. The summed E-state index contributed by atoms with van der Waals surface area (Å²) >= 11 is 0. The average Bonchev–Trinajstić information content (AvgIpc) is 2.15. The molecule has 3 nitrogen and oxygen atoms in total. The fourth-order valence-electron chi connectivity index (χ4n) is 1.82. The molecular weight excluding hydrogens is 247 g/mol. The van der Waals surface area contributed by atoms with Crippen molar-refractivity contribution in [3.63, 3.8) is 0 Å². The van der Waals surface area contributed by atoms with E-state index in [4.69, 9.17) is 0 Å². The fraction of sp³-hybridized carbons (Fsp3) is 0.889. The molecule has 1 saturated carbocycles. The van der Waals surface area contributed by atoms with Gasteiger partial charge in [-0.25, -0.2) is 0 Å². The normalized spacial score (nSPS) is 25.0. The Bertz CT molecular complexity index is 215. The Morgan fingerprint density at radius 3 is 1.94 bits per heavy atom. The maximum atomic E-state index is 12.2. The lowest BCUT2D eigenvalue weighted by atomic mass is 9.82. The van der Waals surface area contributed by atoms with Gasteiger partial charge in [0, 0.05) is 0 Å². The Morgan fingerprint density at radius 1 is 1.19 bits per heavy atom. The Balaban J connectivity index is 0.